The van der Waals surface area contributed by atoms with Crippen molar-refractivity contribution in [3.05, 3.63) is 82.0 Å². The summed E-state index contributed by atoms with van der Waals surface area (Å²) in [6, 6.07) is 13.1. The Hall–Kier alpha value is -2.80. The largest absolute Gasteiger partial charge is 0.393 e. The molecule has 6 heteroatoms. The van der Waals surface area contributed by atoms with Gasteiger partial charge in [-0.2, -0.15) is 0 Å². The molecule has 0 spiro atoms. The predicted octanol–water partition coefficient (Wildman–Crippen LogP) is 3.31. The monoisotopic (exact) mass is 395 g/mol. The number of pyridine rings is 1. The molecule has 3 aromatic rings. The second kappa shape index (κ2) is 7.91. The van der Waals surface area contributed by atoms with Crippen LogP contribution in [-0.2, 0) is 4.74 Å². The zero-order chi connectivity index (χ0) is 20.5. The van der Waals surface area contributed by atoms with Crippen molar-refractivity contribution >= 4 is 16.8 Å². The highest BCUT2D eigenvalue weighted by atomic mass is 19.1. The maximum absolute atomic E-state index is 13.4. The zero-order valence-electron chi connectivity index (χ0n) is 16.0. The molecule has 0 saturated carbocycles. The van der Waals surface area contributed by atoms with Crippen molar-refractivity contribution in [3.63, 3.8) is 0 Å². The fraction of sp³-hybridized carbons (Fsp3) is 0.261. The van der Waals surface area contributed by atoms with E-state index in [0.717, 1.165) is 10.9 Å². The highest BCUT2D eigenvalue weighted by Gasteiger charge is 2.25. The highest BCUT2D eigenvalue weighted by Crippen LogP contribution is 2.25. The summed E-state index contributed by atoms with van der Waals surface area (Å²) in [7, 11) is 0. The number of aromatic nitrogens is 1. The van der Waals surface area contributed by atoms with E-state index in [0.29, 0.717) is 23.2 Å². The lowest BCUT2D eigenvalue weighted by Gasteiger charge is -2.28. The van der Waals surface area contributed by atoms with Gasteiger partial charge >= 0.3 is 0 Å². The Bertz CT molecular complexity index is 1110. The number of hydrogen-bond donors (Lipinski definition) is 2. The van der Waals surface area contributed by atoms with Crippen LogP contribution in [0.15, 0.2) is 59.4 Å². The third kappa shape index (κ3) is 3.87. The fourth-order valence-corrected chi connectivity index (χ4v) is 3.81. The molecule has 150 valence electrons. The Labute approximate surface area is 167 Å². The molecule has 1 aromatic heterocycles. The first kappa shape index (κ1) is 19.5. The molecule has 0 amide bonds. The molecule has 4 rings (SSSR count). The van der Waals surface area contributed by atoms with E-state index in [9.17, 15) is 19.4 Å². The third-order valence-corrected chi connectivity index (χ3v) is 5.25. The van der Waals surface area contributed by atoms with E-state index in [1.54, 1.807) is 34.9 Å². The van der Waals surface area contributed by atoms with Crippen LogP contribution in [0.4, 0.5) is 4.39 Å². The van der Waals surface area contributed by atoms with Gasteiger partial charge in [-0.05, 0) is 54.3 Å². The summed E-state index contributed by atoms with van der Waals surface area (Å²) in [6.07, 6.45) is 1.90. The lowest BCUT2D eigenvalue weighted by Crippen LogP contribution is -2.34. The van der Waals surface area contributed by atoms with Gasteiger partial charge in [0.1, 0.15) is 5.82 Å². The van der Waals surface area contributed by atoms with Crippen molar-refractivity contribution in [1.82, 2.24) is 4.57 Å². The van der Waals surface area contributed by atoms with Gasteiger partial charge in [0.15, 0.2) is 6.29 Å². The van der Waals surface area contributed by atoms with Crippen molar-refractivity contribution in [2.24, 2.45) is 0 Å². The minimum atomic E-state index is -1.02. The Morgan fingerprint density at radius 2 is 1.76 bits per heavy atom. The molecule has 3 atom stereocenters. The number of rotatable bonds is 3. The molecule has 1 unspecified atom stereocenters. The Morgan fingerprint density at radius 3 is 2.45 bits per heavy atom. The second-order valence-corrected chi connectivity index (χ2v) is 7.29. The Balaban J connectivity index is 1.88. The van der Waals surface area contributed by atoms with E-state index in [-0.39, 0.29) is 17.8 Å². The Kier molecular flexibility index (Phi) is 5.32. The van der Waals surface area contributed by atoms with Crippen molar-refractivity contribution in [3.8, 4) is 5.69 Å². The summed E-state index contributed by atoms with van der Waals surface area (Å²) < 4.78 is 20.4. The quantitative estimate of drug-likeness (QED) is 0.714. The summed E-state index contributed by atoms with van der Waals surface area (Å²) >= 11 is 0. The van der Waals surface area contributed by atoms with Crippen LogP contribution >= 0.6 is 0 Å². The number of fused-ring (bicyclic) bond motifs is 1. The molecule has 1 aliphatic rings. The second-order valence-electron chi connectivity index (χ2n) is 7.29. The number of halogens is 1. The van der Waals surface area contributed by atoms with Crippen LogP contribution in [0.5, 0.6) is 0 Å². The van der Waals surface area contributed by atoms with Crippen LogP contribution in [0, 0.1) is 12.7 Å². The number of nitrogens with zero attached hydrogens (tertiary/aromatic N) is 1. The molecule has 2 heterocycles. The van der Waals surface area contributed by atoms with Crippen LogP contribution in [0.3, 0.4) is 0 Å². The molecule has 1 aliphatic heterocycles. The van der Waals surface area contributed by atoms with E-state index >= 15 is 0 Å². The van der Waals surface area contributed by atoms with Crippen LogP contribution < -0.4 is 5.56 Å². The lowest BCUT2D eigenvalue weighted by molar-refractivity contribution is -0.175. The minimum Gasteiger partial charge on any atom is -0.393 e. The summed E-state index contributed by atoms with van der Waals surface area (Å²) in [5, 5.41) is 21.0. The van der Waals surface area contributed by atoms with Gasteiger partial charge in [-0.15, -0.1) is 0 Å². The maximum Gasteiger partial charge on any atom is 0.263 e. The standard InChI is InChI=1S/C23H22FNO4/c1-14-19-4-2-3-5-20(19)23(28)25(16-8-6-15(24)7-9-16)21(14)11-10-18-12-17(26)13-22(27)29-18/h2-11,17-18,22,26-27H,12-13H2,1H3/t17-,18-,22?/m1/s1. The van der Waals surface area contributed by atoms with Gasteiger partial charge in [-0.25, -0.2) is 4.39 Å². The van der Waals surface area contributed by atoms with Crippen LogP contribution in [0.25, 0.3) is 22.5 Å². The molecule has 29 heavy (non-hydrogen) atoms. The number of aliphatic hydroxyl groups is 2. The third-order valence-electron chi connectivity index (χ3n) is 5.25. The van der Waals surface area contributed by atoms with Gasteiger partial charge in [0.2, 0.25) is 0 Å². The Morgan fingerprint density at radius 1 is 1.07 bits per heavy atom. The van der Waals surface area contributed by atoms with E-state index in [1.807, 2.05) is 25.1 Å². The lowest BCUT2D eigenvalue weighted by atomic mass is 10.0. The van der Waals surface area contributed by atoms with Crippen molar-refractivity contribution < 1.29 is 19.3 Å². The zero-order valence-corrected chi connectivity index (χ0v) is 16.0. The van der Waals surface area contributed by atoms with Crippen molar-refractivity contribution in [2.75, 3.05) is 0 Å². The van der Waals surface area contributed by atoms with Crippen molar-refractivity contribution in [1.29, 1.82) is 0 Å². The summed E-state index contributed by atoms with van der Waals surface area (Å²) in [4.78, 5) is 13.3. The van der Waals surface area contributed by atoms with E-state index in [1.165, 1.54) is 12.1 Å². The van der Waals surface area contributed by atoms with Gasteiger partial charge in [0.25, 0.3) is 5.56 Å². The normalized spacial score (nSPS) is 22.4. The molecule has 0 bridgehead atoms. The van der Waals surface area contributed by atoms with Gasteiger partial charge < -0.3 is 14.9 Å². The van der Waals surface area contributed by atoms with E-state index < -0.39 is 18.5 Å². The minimum absolute atomic E-state index is 0.180. The first-order chi connectivity index (χ1) is 13.9. The first-order valence-corrected chi connectivity index (χ1v) is 9.54. The molecule has 1 saturated heterocycles. The van der Waals surface area contributed by atoms with E-state index in [2.05, 4.69) is 0 Å². The maximum atomic E-state index is 13.4. The van der Waals surface area contributed by atoms with Crippen LogP contribution in [0.1, 0.15) is 24.1 Å². The first-order valence-electron chi connectivity index (χ1n) is 9.54. The molecule has 2 aromatic carbocycles. The smallest absolute Gasteiger partial charge is 0.263 e. The van der Waals surface area contributed by atoms with Gasteiger partial charge in [-0.3, -0.25) is 9.36 Å². The number of hydrogen-bond acceptors (Lipinski definition) is 4. The average Bonchev–Trinajstić information content (AvgIpc) is 2.70. The summed E-state index contributed by atoms with van der Waals surface area (Å²) in [5.41, 5.74) is 1.87. The molecule has 2 N–H and O–H groups in total. The highest BCUT2D eigenvalue weighted by molar-refractivity contribution is 5.87. The molecule has 5 nitrogen and oxygen atoms in total. The van der Waals surface area contributed by atoms with E-state index in [4.69, 9.17) is 4.74 Å². The molecule has 0 aliphatic carbocycles. The van der Waals surface area contributed by atoms with Crippen LogP contribution in [0.2, 0.25) is 0 Å². The predicted molar refractivity (Wildman–Crippen MR) is 109 cm³/mol. The molecular formula is C23H22FNO4. The molecule has 0 radical (unpaired) electrons. The summed E-state index contributed by atoms with van der Waals surface area (Å²) in [6.45, 7) is 1.92. The number of aliphatic hydroxyl groups excluding tert-OH is 2. The van der Waals surface area contributed by atoms with Crippen LogP contribution in [-0.4, -0.2) is 33.3 Å². The number of aryl methyl sites for hydroxylation is 1. The molecule has 1 fully saturated rings. The van der Waals surface area contributed by atoms with Crippen molar-refractivity contribution in [2.45, 2.75) is 38.3 Å². The van der Waals surface area contributed by atoms with Gasteiger partial charge in [0, 0.05) is 23.9 Å². The summed E-state index contributed by atoms with van der Waals surface area (Å²) in [5.74, 6) is -0.380. The number of ether oxygens (including phenoxy) is 1. The average molecular weight is 395 g/mol. The SMILES string of the molecule is Cc1c(C=C[C@@H]2C[C@@H](O)CC(O)O2)n(-c2ccc(F)cc2)c(=O)c2ccccc12. The molecular weight excluding hydrogens is 373 g/mol. The fourth-order valence-electron chi connectivity index (χ4n) is 3.81. The topological polar surface area (TPSA) is 71.7 Å². The number of benzene rings is 2. The van der Waals surface area contributed by atoms with Gasteiger partial charge in [0.05, 0.1) is 17.9 Å². The van der Waals surface area contributed by atoms with Gasteiger partial charge in [-0.1, -0.05) is 24.3 Å².